The molecule has 2 unspecified atom stereocenters. The smallest absolute Gasteiger partial charge is 0.252 e. The van der Waals surface area contributed by atoms with E-state index in [9.17, 15) is 37.9 Å². The van der Waals surface area contributed by atoms with Gasteiger partial charge in [-0.15, -0.1) is 0 Å². The molecule has 1 saturated carbocycles. The molecule has 2 heterocycles. The van der Waals surface area contributed by atoms with Crippen molar-refractivity contribution in [2.24, 2.45) is 5.92 Å². The minimum absolute atomic E-state index is 0.0203. The molecule has 3 N–H and O–H groups in total. The van der Waals surface area contributed by atoms with Crippen molar-refractivity contribution in [2.75, 3.05) is 9.91 Å². The zero-order chi connectivity index (χ0) is 31.4. The number of rotatable bonds is 7. The molecule has 2 fully saturated rings. The van der Waals surface area contributed by atoms with Gasteiger partial charge in [0.1, 0.15) is 29.8 Å². The average Bonchev–Trinajstić information content (AvgIpc) is 3.52. The lowest BCUT2D eigenvalue weighted by Crippen LogP contribution is -2.69. The highest BCUT2D eigenvalue weighted by Crippen LogP contribution is 2.50. The quantitative estimate of drug-likeness (QED) is 0.298. The number of hydrazine groups is 1. The highest BCUT2D eigenvalue weighted by Gasteiger charge is 2.57. The fourth-order valence-corrected chi connectivity index (χ4v) is 6.93. The third kappa shape index (κ3) is 5.21. The second kappa shape index (κ2) is 11.2. The minimum Gasteiger partial charge on any atom is -0.374 e. The van der Waals surface area contributed by atoms with Gasteiger partial charge in [-0.25, -0.2) is 22.5 Å². The van der Waals surface area contributed by atoms with Crippen molar-refractivity contribution in [3.8, 4) is 6.07 Å². The maximum absolute atomic E-state index is 14.8. The van der Waals surface area contributed by atoms with E-state index < -0.39 is 60.3 Å². The molecule has 4 atom stereocenters. The number of halogens is 4. The lowest BCUT2D eigenvalue weighted by molar-refractivity contribution is -0.161. The Kier molecular flexibility index (Phi) is 7.63. The zero-order valence-corrected chi connectivity index (χ0v) is 23.9. The van der Waals surface area contributed by atoms with E-state index in [0.717, 1.165) is 22.7 Å². The summed E-state index contributed by atoms with van der Waals surface area (Å²) in [5.74, 6) is -5.35. The van der Waals surface area contributed by atoms with E-state index in [0.29, 0.717) is 29.7 Å². The van der Waals surface area contributed by atoms with Crippen molar-refractivity contribution in [1.82, 2.24) is 15.5 Å². The summed E-state index contributed by atoms with van der Waals surface area (Å²) >= 11 is 0. The van der Waals surface area contributed by atoms with Gasteiger partial charge in [-0.05, 0) is 73.4 Å². The molecule has 232 valence electrons. The Morgan fingerprint density at radius 3 is 2.59 bits per heavy atom. The Morgan fingerprint density at radius 2 is 1.91 bits per heavy atom. The molecule has 1 saturated heterocycles. The average molecular weight is 613 g/mol. The van der Waals surface area contributed by atoms with Gasteiger partial charge in [-0.2, -0.15) is 5.26 Å². The number of alkyl halides is 2. The summed E-state index contributed by atoms with van der Waals surface area (Å²) in [6, 6.07) is 6.75. The fourth-order valence-electron chi connectivity index (χ4n) is 6.93. The van der Waals surface area contributed by atoms with Crippen molar-refractivity contribution in [2.45, 2.75) is 81.8 Å². The summed E-state index contributed by atoms with van der Waals surface area (Å²) in [5.41, 5.74) is -0.262. The molecule has 44 heavy (non-hydrogen) atoms. The summed E-state index contributed by atoms with van der Waals surface area (Å²) in [4.78, 5) is 20.1. The Balaban J connectivity index is 1.50. The molecule has 0 bridgehead atoms. The predicted octanol–water partition coefficient (Wildman–Crippen LogP) is 4.93. The molecule has 2 aromatic rings. The Labute approximate surface area is 251 Å². The molecule has 13 heteroatoms. The molecule has 3 aliphatic carbocycles. The minimum atomic E-state index is -2.91. The number of aromatic nitrogens is 1. The van der Waals surface area contributed by atoms with Gasteiger partial charge in [0.25, 0.3) is 11.8 Å². The number of pyridine rings is 1. The highest BCUT2D eigenvalue weighted by molar-refractivity contribution is 5.95. The maximum Gasteiger partial charge on any atom is 0.252 e. The second-order valence-corrected chi connectivity index (χ2v) is 12.1. The molecule has 1 aromatic heterocycles. The zero-order valence-electron chi connectivity index (χ0n) is 23.9. The number of anilines is 2. The summed E-state index contributed by atoms with van der Waals surface area (Å²) < 4.78 is 57.2. The van der Waals surface area contributed by atoms with E-state index in [-0.39, 0.29) is 42.2 Å². The summed E-state index contributed by atoms with van der Waals surface area (Å²) in [5, 5.41) is 37.2. The standard InChI is InChI=1S/C31H32F4N6O3/c1-18-2-3-20-6-8-31(25(20)10-18,29(43)38-23-15-30(34,35)16-23)40(24-13-21(32)12-22(33)14-24)41(44)27-4-5-28(42)39(27)26-11-19(17-36)7-9-37-26/h2-3,7,9,11-14,18,23,27-28,42,44H,4-6,8,10,15-16H2,1H3,(H,38,43)/t18?,27-,28?,31+/m1/s1. The first-order chi connectivity index (χ1) is 20.9. The third-order valence-corrected chi connectivity index (χ3v) is 8.99. The van der Waals surface area contributed by atoms with Gasteiger partial charge < -0.3 is 15.3 Å². The number of hydrogen-bond acceptors (Lipinski definition) is 8. The second-order valence-electron chi connectivity index (χ2n) is 12.1. The third-order valence-electron chi connectivity index (χ3n) is 8.99. The number of carbonyl (C=O) groups is 1. The van der Waals surface area contributed by atoms with Crippen LogP contribution in [0.2, 0.25) is 0 Å². The number of aliphatic hydroxyl groups excluding tert-OH is 1. The highest BCUT2D eigenvalue weighted by atomic mass is 19.3. The van der Waals surface area contributed by atoms with Gasteiger partial charge in [-0.1, -0.05) is 24.2 Å². The molecule has 1 aromatic carbocycles. The Hall–Kier alpha value is -3.99. The van der Waals surface area contributed by atoms with Crippen LogP contribution in [0.15, 0.2) is 59.8 Å². The summed E-state index contributed by atoms with van der Waals surface area (Å²) in [6.07, 6.45) is 3.07. The maximum atomic E-state index is 14.8. The molecule has 0 radical (unpaired) electrons. The first-order valence-electron chi connectivity index (χ1n) is 14.6. The molecule has 1 amide bonds. The van der Waals surface area contributed by atoms with Crippen LogP contribution in [0.1, 0.15) is 57.4 Å². The van der Waals surface area contributed by atoms with Crippen molar-refractivity contribution in [1.29, 1.82) is 5.26 Å². The first-order valence-corrected chi connectivity index (χ1v) is 14.6. The molecular formula is C31H32F4N6O3. The van der Waals surface area contributed by atoms with Crippen LogP contribution in [-0.2, 0) is 4.79 Å². The van der Waals surface area contributed by atoms with Crippen LogP contribution in [0.5, 0.6) is 0 Å². The van der Waals surface area contributed by atoms with Crippen LogP contribution >= 0.6 is 0 Å². The SMILES string of the molecule is CC1C=CC2=C(C1)[C@@](C(=O)NC1CC(F)(F)C1)(N(c1cc(F)cc(F)c1)N(O)[C@@H]1CCC(O)N1c1cc(C#N)ccn1)CC2. The Morgan fingerprint density at radius 1 is 1.18 bits per heavy atom. The summed E-state index contributed by atoms with van der Waals surface area (Å²) in [6.45, 7) is 1.94. The van der Waals surface area contributed by atoms with Crippen LogP contribution in [0.25, 0.3) is 0 Å². The number of nitriles is 1. The number of nitrogens with one attached hydrogen (secondary N) is 1. The van der Waals surface area contributed by atoms with Gasteiger partial charge in [0, 0.05) is 31.1 Å². The normalized spacial score (nSPS) is 27.7. The van der Waals surface area contributed by atoms with Gasteiger partial charge in [-0.3, -0.25) is 15.0 Å². The fraction of sp³-hybridized carbons (Fsp3) is 0.452. The van der Waals surface area contributed by atoms with Crippen molar-refractivity contribution in [3.05, 3.63) is 77.0 Å². The number of nitrogens with zero attached hydrogens (tertiary/aromatic N) is 5. The van der Waals surface area contributed by atoms with Crippen LogP contribution in [-0.4, -0.2) is 56.3 Å². The van der Waals surface area contributed by atoms with Gasteiger partial charge in [0.2, 0.25) is 0 Å². The largest absolute Gasteiger partial charge is 0.374 e. The van der Waals surface area contributed by atoms with E-state index in [4.69, 9.17) is 0 Å². The van der Waals surface area contributed by atoms with Crippen molar-refractivity contribution >= 4 is 17.4 Å². The first kappa shape index (κ1) is 30.1. The monoisotopic (exact) mass is 612 g/mol. The molecule has 0 spiro atoms. The molecular weight excluding hydrogens is 580 g/mol. The number of allylic oxidation sites excluding steroid dienone is 3. The van der Waals surface area contributed by atoms with Gasteiger partial charge in [0.15, 0.2) is 5.54 Å². The van der Waals surface area contributed by atoms with Crippen molar-refractivity contribution < 1.29 is 32.7 Å². The van der Waals surface area contributed by atoms with Crippen LogP contribution < -0.4 is 15.2 Å². The lowest BCUT2D eigenvalue weighted by atomic mass is 9.80. The molecule has 4 aliphatic rings. The van der Waals surface area contributed by atoms with E-state index >= 15 is 0 Å². The lowest BCUT2D eigenvalue weighted by Gasteiger charge is -2.50. The van der Waals surface area contributed by atoms with E-state index in [1.807, 2.05) is 25.1 Å². The number of hydroxylamine groups is 1. The topological polar surface area (TPSA) is 116 Å². The number of carbonyl (C=O) groups excluding carboxylic acids is 1. The number of benzene rings is 1. The van der Waals surface area contributed by atoms with E-state index in [2.05, 4.69) is 10.3 Å². The van der Waals surface area contributed by atoms with Gasteiger partial charge in [0.05, 0.1) is 17.3 Å². The van der Waals surface area contributed by atoms with Crippen LogP contribution in [0.3, 0.4) is 0 Å². The molecule has 9 nitrogen and oxygen atoms in total. The number of hydrogen-bond donors (Lipinski definition) is 3. The number of aliphatic hydroxyl groups is 1. The van der Waals surface area contributed by atoms with Crippen LogP contribution in [0, 0.1) is 28.9 Å². The van der Waals surface area contributed by atoms with E-state index in [1.165, 1.54) is 23.2 Å². The predicted molar refractivity (Wildman–Crippen MR) is 151 cm³/mol. The number of amides is 1. The van der Waals surface area contributed by atoms with Crippen LogP contribution in [0.4, 0.5) is 29.1 Å². The Bertz CT molecular complexity index is 1550. The van der Waals surface area contributed by atoms with E-state index in [1.54, 1.807) is 0 Å². The van der Waals surface area contributed by atoms with Crippen molar-refractivity contribution in [3.63, 3.8) is 0 Å². The van der Waals surface area contributed by atoms with Gasteiger partial charge >= 0.3 is 0 Å². The molecule has 1 aliphatic heterocycles. The molecule has 6 rings (SSSR count). The summed E-state index contributed by atoms with van der Waals surface area (Å²) in [7, 11) is 0.